The van der Waals surface area contributed by atoms with Crippen LogP contribution in [0.5, 0.6) is 0 Å². The summed E-state index contributed by atoms with van der Waals surface area (Å²) >= 11 is 0. The third kappa shape index (κ3) is 2.85. The van der Waals surface area contributed by atoms with Gasteiger partial charge in [-0.25, -0.2) is 0 Å². The summed E-state index contributed by atoms with van der Waals surface area (Å²) in [5, 5.41) is 3.87. The van der Waals surface area contributed by atoms with Crippen LogP contribution in [0.15, 0.2) is 4.52 Å². The van der Waals surface area contributed by atoms with Gasteiger partial charge in [-0.05, 0) is 12.8 Å². The average Bonchev–Trinajstić information content (AvgIpc) is 2.86. The van der Waals surface area contributed by atoms with E-state index in [1.807, 2.05) is 0 Å². The van der Waals surface area contributed by atoms with Gasteiger partial charge in [-0.2, -0.15) is 4.98 Å². The number of rotatable bonds is 4. The molecule has 7 heteroatoms. The van der Waals surface area contributed by atoms with E-state index in [0.29, 0.717) is 31.3 Å². The number of hydrogen-bond acceptors (Lipinski definition) is 7. The van der Waals surface area contributed by atoms with Crippen LogP contribution in [0.1, 0.15) is 31.0 Å². The van der Waals surface area contributed by atoms with Crippen molar-refractivity contribution in [2.45, 2.75) is 31.2 Å². The highest BCUT2D eigenvalue weighted by atomic mass is 16.5. The van der Waals surface area contributed by atoms with Crippen molar-refractivity contribution in [2.24, 2.45) is 5.73 Å². The molecule has 0 bridgehead atoms. The Morgan fingerprint density at radius 3 is 3.11 bits per heavy atom. The maximum Gasteiger partial charge on any atom is 0.306 e. The van der Waals surface area contributed by atoms with Gasteiger partial charge in [0.1, 0.15) is 5.54 Å². The minimum absolute atomic E-state index is 0.214. The Labute approximate surface area is 105 Å². The average molecular weight is 255 g/mol. The number of aryl methyl sites for hydroxylation is 1. The van der Waals surface area contributed by atoms with E-state index in [1.54, 1.807) is 0 Å². The molecule has 0 amide bonds. The zero-order valence-electron chi connectivity index (χ0n) is 10.3. The van der Waals surface area contributed by atoms with Crippen molar-refractivity contribution in [1.82, 2.24) is 10.1 Å². The van der Waals surface area contributed by atoms with Crippen molar-refractivity contribution in [2.75, 3.05) is 20.3 Å². The van der Waals surface area contributed by atoms with Gasteiger partial charge in [-0.1, -0.05) is 5.16 Å². The SMILES string of the molecule is COC(=O)CCc1nc(C2(N)CCCOC2)no1. The number of esters is 1. The molecule has 2 heterocycles. The van der Waals surface area contributed by atoms with E-state index in [4.69, 9.17) is 15.0 Å². The molecule has 2 N–H and O–H groups in total. The van der Waals surface area contributed by atoms with Gasteiger partial charge in [0, 0.05) is 13.0 Å². The van der Waals surface area contributed by atoms with Crippen LogP contribution in [0.2, 0.25) is 0 Å². The van der Waals surface area contributed by atoms with Gasteiger partial charge in [-0.15, -0.1) is 0 Å². The molecule has 1 saturated heterocycles. The van der Waals surface area contributed by atoms with E-state index in [-0.39, 0.29) is 12.4 Å². The van der Waals surface area contributed by atoms with E-state index in [0.717, 1.165) is 12.8 Å². The monoisotopic (exact) mass is 255 g/mol. The summed E-state index contributed by atoms with van der Waals surface area (Å²) in [5.41, 5.74) is 5.50. The fraction of sp³-hybridized carbons (Fsp3) is 0.727. The van der Waals surface area contributed by atoms with Crippen LogP contribution in [0.4, 0.5) is 0 Å². The zero-order valence-corrected chi connectivity index (χ0v) is 10.3. The first kappa shape index (κ1) is 13.0. The van der Waals surface area contributed by atoms with Crippen LogP contribution < -0.4 is 5.73 Å². The molecule has 0 aromatic carbocycles. The molecule has 1 aliphatic rings. The van der Waals surface area contributed by atoms with Crippen LogP contribution in [0.3, 0.4) is 0 Å². The molecule has 1 aromatic rings. The number of carbonyl (C=O) groups excluding carboxylic acids is 1. The first-order valence-corrected chi connectivity index (χ1v) is 5.90. The first-order valence-electron chi connectivity index (χ1n) is 5.90. The summed E-state index contributed by atoms with van der Waals surface area (Å²) in [6.07, 6.45) is 2.22. The maximum absolute atomic E-state index is 11.0. The molecule has 0 radical (unpaired) electrons. The van der Waals surface area contributed by atoms with Crippen LogP contribution >= 0.6 is 0 Å². The number of carbonyl (C=O) groups is 1. The lowest BCUT2D eigenvalue weighted by Crippen LogP contribution is -2.45. The van der Waals surface area contributed by atoms with Crippen molar-refractivity contribution in [3.8, 4) is 0 Å². The number of methoxy groups -OCH3 is 1. The number of hydrogen-bond donors (Lipinski definition) is 1. The Hall–Kier alpha value is -1.47. The highest BCUT2D eigenvalue weighted by Gasteiger charge is 2.35. The summed E-state index contributed by atoms with van der Waals surface area (Å²) in [5.74, 6) is 0.533. The summed E-state index contributed by atoms with van der Waals surface area (Å²) in [6, 6.07) is 0. The molecule has 1 unspecified atom stereocenters. The molecule has 0 aliphatic carbocycles. The molecule has 100 valence electrons. The standard InChI is InChI=1S/C11H17N3O4/c1-16-9(15)4-3-8-13-10(14-18-8)11(12)5-2-6-17-7-11/h2-7,12H2,1H3. The summed E-state index contributed by atoms with van der Waals surface area (Å²) in [6.45, 7) is 1.11. The van der Waals surface area contributed by atoms with E-state index < -0.39 is 5.54 Å². The Kier molecular flexibility index (Phi) is 3.93. The molecule has 7 nitrogen and oxygen atoms in total. The smallest absolute Gasteiger partial charge is 0.306 e. The molecule has 1 aliphatic heterocycles. The molecule has 18 heavy (non-hydrogen) atoms. The Bertz CT molecular complexity index is 412. The lowest BCUT2D eigenvalue weighted by Gasteiger charge is -2.29. The normalized spacial score (nSPS) is 23.9. The quantitative estimate of drug-likeness (QED) is 0.763. The molecule has 0 spiro atoms. The molecule has 0 saturated carbocycles. The third-order valence-corrected chi connectivity index (χ3v) is 2.96. The van der Waals surface area contributed by atoms with Gasteiger partial charge in [0.15, 0.2) is 5.82 Å². The number of nitrogens with zero attached hydrogens (tertiary/aromatic N) is 2. The highest BCUT2D eigenvalue weighted by molar-refractivity contribution is 5.69. The van der Waals surface area contributed by atoms with Gasteiger partial charge >= 0.3 is 5.97 Å². The minimum Gasteiger partial charge on any atom is -0.469 e. The van der Waals surface area contributed by atoms with E-state index in [2.05, 4.69) is 14.9 Å². The number of ether oxygens (including phenoxy) is 2. The second-order valence-corrected chi connectivity index (χ2v) is 4.40. The van der Waals surface area contributed by atoms with Gasteiger partial charge < -0.3 is 19.7 Å². The largest absolute Gasteiger partial charge is 0.469 e. The van der Waals surface area contributed by atoms with Crippen molar-refractivity contribution >= 4 is 5.97 Å². The Balaban J connectivity index is 1.98. The second-order valence-electron chi connectivity index (χ2n) is 4.40. The van der Waals surface area contributed by atoms with Crippen molar-refractivity contribution < 1.29 is 18.8 Å². The summed E-state index contributed by atoms with van der Waals surface area (Å²) < 4.78 is 15.0. The van der Waals surface area contributed by atoms with Crippen LogP contribution in [0.25, 0.3) is 0 Å². The first-order chi connectivity index (χ1) is 8.64. The lowest BCUT2D eigenvalue weighted by atomic mass is 9.93. The Morgan fingerprint density at radius 1 is 1.61 bits per heavy atom. The Morgan fingerprint density at radius 2 is 2.44 bits per heavy atom. The van der Waals surface area contributed by atoms with E-state index >= 15 is 0 Å². The number of aromatic nitrogens is 2. The highest BCUT2D eigenvalue weighted by Crippen LogP contribution is 2.25. The predicted molar refractivity (Wildman–Crippen MR) is 60.6 cm³/mol. The van der Waals surface area contributed by atoms with E-state index in [1.165, 1.54) is 7.11 Å². The van der Waals surface area contributed by atoms with Crippen molar-refractivity contribution in [3.63, 3.8) is 0 Å². The van der Waals surface area contributed by atoms with E-state index in [9.17, 15) is 4.79 Å². The second kappa shape index (κ2) is 5.45. The van der Waals surface area contributed by atoms with Gasteiger partial charge in [-0.3, -0.25) is 4.79 Å². The van der Waals surface area contributed by atoms with Crippen LogP contribution in [-0.4, -0.2) is 36.4 Å². The van der Waals surface area contributed by atoms with Crippen molar-refractivity contribution in [3.05, 3.63) is 11.7 Å². The van der Waals surface area contributed by atoms with Gasteiger partial charge in [0.2, 0.25) is 5.89 Å². The zero-order chi connectivity index (χ0) is 13.0. The maximum atomic E-state index is 11.0. The van der Waals surface area contributed by atoms with Crippen LogP contribution in [0, 0.1) is 0 Å². The summed E-state index contributed by atoms with van der Waals surface area (Å²) in [4.78, 5) is 15.2. The molecule has 1 atom stereocenters. The molecule has 1 aromatic heterocycles. The van der Waals surface area contributed by atoms with Gasteiger partial charge in [0.25, 0.3) is 0 Å². The number of nitrogens with two attached hydrogens (primary N) is 1. The third-order valence-electron chi connectivity index (χ3n) is 2.96. The lowest BCUT2D eigenvalue weighted by molar-refractivity contribution is -0.140. The summed E-state index contributed by atoms with van der Waals surface area (Å²) in [7, 11) is 1.34. The fourth-order valence-corrected chi connectivity index (χ4v) is 1.86. The predicted octanol–water partition coefficient (Wildman–Crippen LogP) is 0.140. The molecule has 2 rings (SSSR count). The minimum atomic E-state index is -0.675. The molecular weight excluding hydrogens is 238 g/mol. The van der Waals surface area contributed by atoms with Crippen LogP contribution in [-0.2, 0) is 26.2 Å². The fourth-order valence-electron chi connectivity index (χ4n) is 1.86. The van der Waals surface area contributed by atoms with Gasteiger partial charge in [0.05, 0.1) is 20.1 Å². The van der Waals surface area contributed by atoms with Crippen molar-refractivity contribution in [1.29, 1.82) is 0 Å². The molecule has 1 fully saturated rings. The molecular formula is C11H17N3O4. The topological polar surface area (TPSA) is 100 Å².